The molecule has 0 aliphatic carbocycles. The summed E-state index contributed by atoms with van der Waals surface area (Å²) in [5.74, 6) is -1.12. The van der Waals surface area contributed by atoms with E-state index in [1.54, 1.807) is 0 Å². The molecule has 10 heavy (non-hydrogen) atoms. The molecule has 0 fully saturated rings. The van der Waals surface area contributed by atoms with Gasteiger partial charge in [0.1, 0.15) is 0 Å². The summed E-state index contributed by atoms with van der Waals surface area (Å²) in [4.78, 5) is 9.96. The molecular formula is C6H13NaO3. The molecule has 1 atom stereocenters. The molecule has 0 aliphatic rings. The van der Waals surface area contributed by atoms with Crippen LogP contribution < -0.4 is 29.6 Å². The van der Waals surface area contributed by atoms with Crippen LogP contribution in [0.4, 0.5) is 0 Å². The number of aliphatic carboxylic acids is 1. The van der Waals surface area contributed by atoms with E-state index < -0.39 is 12.1 Å². The summed E-state index contributed by atoms with van der Waals surface area (Å²) < 4.78 is 0. The van der Waals surface area contributed by atoms with Gasteiger partial charge in [0.15, 0.2) is 6.10 Å². The average Bonchev–Trinajstić information content (AvgIpc) is 1.82. The number of aliphatic hydroxyl groups is 1. The molecule has 0 saturated carbocycles. The van der Waals surface area contributed by atoms with Crippen molar-refractivity contribution in [2.24, 2.45) is 0 Å². The van der Waals surface area contributed by atoms with Crippen LogP contribution in [0.5, 0.6) is 0 Å². The predicted octanol–water partition coefficient (Wildman–Crippen LogP) is -2.26. The fraction of sp³-hybridized carbons (Fsp3) is 0.833. The normalized spacial score (nSPS) is 11.8. The number of aliphatic hydroxyl groups excluding tert-OH is 1. The summed E-state index contributed by atoms with van der Waals surface area (Å²) in [6.07, 6.45) is 0.897. The van der Waals surface area contributed by atoms with Crippen molar-refractivity contribution in [2.75, 3.05) is 0 Å². The number of unbranched alkanes of at least 4 members (excludes halogenated alkanes) is 1. The molecule has 0 aromatic heterocycles. The van der Waals surface area contributed by atoms with Crippen LogP contribution in [0.15, 0.2) is 0 Å². The molecule has 2 N–H and O–H groups in total. The van der Waals surface area contributed by atoms with Crippen LogP contribution in [0, 0.1) is 0 Å². The molecule has 0 radical (unpaired) electrons. The Hall–Kier alpha value is 0.430. The molecule has 1 unspecified atom stereocenters. The first-order chi connectivity index (χ1) is 4.18. The molecule has 0 amide bonds. The molecule has 0 heterocycles. The second-order valence-corrected chi connectivity index (χ2v) is 2.00. The molecule has 3 nitrogen and oxygen atoms in total. The first-order valence-electron chi connectivity index (χ1n) is 3.09. The Labute approximate surface area is 84.2 Å². The molecule has 0 aromatic carbocycles. The zero-order valence-electron chi connectivity index (χ0n) is 7.50. The molecule has 0 spiro atoms. The van der Waals surface area contributed by atoms with E-state index >= 15 is 0 Å². The summed E-state index contributed by atoms with van der Waals surface area (Å²) in [5, 5.41) is 16.8. The van der Waals surface area contributed by atoms with Gasteiger partial charge in [-0.05, 0) is 6.42 Å². The third-order valence-corrected chi connectivity index (χ3v) is 1.12. The van der Waals surface area contributed by atoms with Gasteiger partial charge in [-0.15, -0.1) is 0 Å². The fourth-order valence-corrected chi connectivity index (χ4v) is 0.521. The number of carbonyl (C=O) groups is 1. The van der Waals surface area contributed by atoms with Crippen LogP contribution in [-0.2, 0) is 4.79 Å². The summed E-state index contributed by atoms with van der Waals surface area (Å²) in [7, 11) is 0. The van der Waals surface area contributed by atoms with Crippen molar-refractivity contribution in [3.63, 3.8) is 0 Å². The van der Waals surface area contributed by atoms with E-state index in [9.17, 15) is 4.79 Å². The number of carboxylic acids is 1. The fourth-order valence-electron chi connectivity index (χ4n) is 0.521. The molecule has 0 aromatic rings. The molecular weight excluding hydrogens is 143 g/mol. The molecule has 0 bridgehead atoms. The smallest absolute Gasteiger partial charge is 1.00 e. The summed E-state index contributed by atoms with van der Waals surface area (Å²) >= 11 is 0. The van der Waals surface area contributed by atoms with Gasteiger partial charge in [-0.1, -0.05) is 19.8 Å². The van der Waals surface area contributed by atoms with Gasteiger partial charge in [0.2, 0.25) is 0 Å². The Morgan fingerprint density at radius 2 is 2.20 bits per heavy atom. The van der Waals surface area contributed by atoms with Gasteiger partial charge in [-0.2, -0.15) is 0 Å². The second kappa shape index (κ2) is 7.54. The predicted molar refractivity (Wildman–Crippen MR) is 34.3 cm³/mol. The number of carboxylic acid groups (broad SMARTS) is 1. The third-order valence-electron chi connectivity index (χ3n) is 1.12. The molecule has 56 valence electrons. The SMILES string of the molecule is CCCCC(O)C(=O)O.[H-].[Na+]. The van der Waals surface area contributed by atoms with Crippen LogP contribution in [0.25, 0.3) is 0 Å². The van der Waals surface area contributed by atoms with Crippen molar-refractivity contribution >= 4 is 5.97 Å². The van der Waals surface area contributed by atoms with Crippen LogP contribution in [0.2, 0.25) is 0 Å². The Morgan fingerprint density at radius 1 is 1.70 bits per heavy atom. The van der Waals surface area contributed by atoms with Crippen molar-refractivity contribution < 1.29 is 46.0 Å². The van der Waals surface area contributed by atoms with E-state index in [4.69, 9.17) is 10.2 Å². The first kappa shape index (κ1) is 13.1. The van der Waals surface area contributed by atoms with Crippen LogP contribution >= 0.6 is 0 Å². The minimum Gasteiger partial charge on any atom is -1.00 e. The third kappa shape index (κ3) is 6.55. The summed E-state index contributed by atoms with van der Waals surface area (Å²) in [6, 6.07) is 0. The van der Waals surface area contributed by atoms with Gasteiger partial charge in [-0.25, -0.2) is 4.79 Å². The van der Waals surface area contributed by atoms with E-state index in [0.717, 1.165) is 12.8 Å². The van der Waals surface area contributed by atoms with Crippen molar-refractivity contribution in [3.8, 4) is 0 Å². The zero-order chi connectivity index (χ0) is 7.28. The van der Waals surface area contributed by atoms with Crippen LogP contribution in [0.1, 0.15) is 27.6 Å². The van der Waals surface area contributed by atoms with Crippen molar-refractivity contribution in [1.82, 2.24) is 0 Å². The van der Waals surface area contributed by atoms with E-state index in [1.165, 1.54) is 0 Å². The maximum absolute atomic E-state index is 9.96. The van der Waals surface area contributed by atoms with Crippen molar-refractivity contribution in [2.45, 2.75) is 32.3 Å². The maximum Gasteiger partial charge on any atom is 1.00 e. The second-order valence-electron chi connectivity index (χ2n) is 2.00. The van der Waals surface area contributed by atoms with Crippen molar-refractivity contribution in [1.29, 1.82) is 0 Å². The van der Waals surface area contributed by atoms with E-state index in [0.29, 0.717) is 6.42 Å². The van der Waals surface area contributed by atoms with Gasteiger partial charge >= 0.3 is 35.5 Å². The van der Waals surface area contributed by atoms with Gasteiger partial charge in [-0.3, -0.25) is 0 Å². The van der Waals surface area contributed by atoms with Gasteiger partial charge in [0, 0.05) is 0 Å². The molecule has 0 rings (SSSR count). The topological polar surface area (TPSA) is 57.5 Å². The van der Waals surface area contributed by atoms with E-state index in [-0.39, 0.29) is 31.0 Å². The monoisotopic (exact) mass is 156 g/mol. The summed E-state index contributed by atoms with van der Waals surface area (Å²) in [6.45, 7) is 1.95. The molecule has 0 saturated heterocycles. The Balaban J connectivity index is -0.000000320. The summed E-state index contributed by atoms with van der Waals surface area (Å²) in [5.41, 5.74) is 0. The quantitative estimate of drug-likeness (QED) is 0.452. The van der Waals surface area contributed by atoms with Crippen LogP contribution in [-0.4, -0.2) is 22.3 Å². The van der Waals surface area contributed by atoms with E-state index in [2.05, 4.69) is 0 Å². The van der Waals surface area contributed by atoms with Gasteiger partial charge in [0.05, 0.1) is 0 Å². The first-order valence-corrected chi connectivity index (χ1v) is 3.09. The largest absolute Gasteiger partial charge is 1.00 e. The minimum atomic E-state index is -1.16. The Bertz CT molecular complexity index is 99.8. The minimum absolute atomic E-state index is 0. The van der Waals surface area contributed by atoms with E-state index in [1.807, 2.05) is 6.92 Å². The zero-order valence-corrected chi connectivity index (χ0v) is 8.50. The number of rotatable bonds is 4. The van der Waals surface area contributed by atoms with Gasteiger partial charge < -0.3 is 11.6 Å². The Morgan fingerprint density at radius 3 is 2.50 bits per heavy atom. The van der Waals surface area contributed by atoms with Crippen molar-refractivity contribution in [3.05, 3.63) is 0 Å². The standard InChI is InChI=1S/C6H12O3.Na.H/c1-2-3-4-5(7)6(8)9;;/h5,7H,2-4H2,1H3,(H,8,9);;/q;+1;-1. The Kier molecular flexibility index (Phi) is 9.84. The number of hydrogen-bond acceptors (Lipinski definition) is 2. The number of hydrogen-bond donors (Lipinski definition) is 2. The average molecular weight is 156 g/mol. The maximum atomic E-state index is 9.96. The molecule has 0 aliphatic heterocycles. The molecule has 4 heteroatoms. The van der Waals surface area contributed by atoms with Gasteiger partial charge in [0.25, 0.3) is 0 Å². The van der Waals surface area contributed by atoms with Crippen LogP contribution in [0.3, 0.4) is 0 Å².